The van der Waals surface area contributed by atoms with E-state index in [-0.39, 0.29) is 11.7 Å². The van der Waals surface area contributed by atoms with Gasteiger partial charge in [0.1, 0.15) is 17.2 Å². The van der Waals surface area contributed by atoms with E-state index in [1.165, 1.54) is 12.1 Å². The molecule has 0 bridgehead atoms. The van der Waals surface area contributed by atoms with E-state index in [9.17, 15) is 9.50 Å². The summed E-state index contributed by atoms with van der Waals surface area (Å²) in [6, 6.07) is 13.8. The van der Waals surface area contributed by atoms with Crippen LogP contribution in [-0.4, -0.2) is 37.8 Å². The molecule has 1 N–H and O–H groups in total. The summed E-state index contributed by atoms with van der Waals surface area (Å²) in [5, 5.41) is 11.7. The van der Waals surface area contributed by atoms with Crippen LogP contribution in [0.1, 0.15) is 25.0 Å². The summed E-state index contributed by atoms with van der Waals surface area (Å²) in [7, 11) is 5.60. The highest BCUT2D eigenvalue weighted by Gasteiger charge is 2.37. The topological polar surface area (TPSA) is 32.7 Å². The molecule has 2 atom stereocenters. The molecule has 4 heteroatoms. The van der Waals surface area contributed by atoms with Gasteiger partial charge in [0, 0.05) is 12.5 Å². The van der Waals surface area contributed by atoms with Crippen molar-refractivity contribution in [2.45, 2.75) is 19.4 Å². The lowest BCUT2D eigenvalue weighted by atomic mass is 9.76. The van der Waals surface area contributed by atoms with E-state index in [1.54, 1.807) is 19.2 Å². The van der Waals surface area contributed by atoms with Crippen LogP contribution in [0.2, 0.25) is 0 Å². The number of benzene rings is 2. The van der Waals surface area contributed by atoms with Crippen molar-refractivity contribution in [1.29, 1.82) is 0 Å². The summed E-state index contributed by atoms with van der Waals surface area (Å²) in [5.74, 6) is 0.422. The van der Waals surface area contributed by atoms with Crippen LogP contribution >= 0.6 is 0 Å². The fourth-order valence-corrected chi connectivity index (χ4v) is 3.34. The first-order chi connectivity index (χ1) is 12.3. The number of aliphatic hydroxyl groups is 1. The molecule has 0 aromatic heterocycles. The number of rotatable bonds is 7. The lowest BCUT2D eigenvalue weighted by molar-refractivity contribution is 0.0105. The standard InChI is InChI=1S/C22H28FNO2/c1-16(14-18-6-10-20(23)11-7-18)22(25,17(2)15-24(3)4)19-8-12-21(26-5)13-9-19/h6-14,17,25H,15H2,1-5H3. The molecule has 0 aliphatic carbocycles. The van der Waals surface area contributed by atoms with Gasteiger partial charge in [-0.1, -0.05) is 37.3 Å². The molecule has 0 amide bonds. The minimum absolute atomic E-state index is 0.0532. The maximum Gasteiger partial charge on any atom is 0.123 e. The maximum absolute atomic E-state index is 13.2. The number of nitrogens with zero attached hydrogens (tertiary/aromatic N) is 1. The maximum atomic E-state index is 13.2. The minimum atomic E-state index is -1.15. The molecule has 2 aromatic carbocycles. The lowest BCUT2D eigenvalue weighted by Gasteiger charge is -2.37. The van der Waals surface area contributed by atoms with E-state index in [2.05, 4.69) is 4.90 Å². The van der Waals surface area contributed by atoms with Gasteiger partial charge in [0.2, 0.25) is 0 Å². The van der Waals surface area contributed by atoms with Gasteiger partial charge in [-0.3, -0.25) is 0 Å². The van der Waals surface area contributed by atoms with Gasteiger partial charge in [-0.15, -0.1) is 0 Å². The quantitative estimate of drug-likeness (QED) is 0.801. The molecule has 2 aromatic rings. The molecule has 0 spiro atoms. The number of hydrogen-bond acceptors (Lipinski definition) is 3. The Bertz CT molecular complexity index is 738. The number of ether oxygens (including phenoxy) is 1. The lowest BCUT2D eigenvalue weighted by Crippen LogP contribution is -2.40. The van der Waals surface area contributed by atoms with E-state index >= 15 is 0 Å². The Morgan fingerprint density at radius 1 is 1.15 bits per heavy atom. The van der Waals surface area contributed by atoms with Crippen LogP contribution in [0.15, 0.2) is 54.1 Å². The Morgan fingerprint density at radius 3 is 2.23 bits per heavy atom. The molecule has 0 saturated carbocycles. The second-order valence-electron chi connectivity index (χ2n) is 7.04. The summed E-state index contributed by atoms with van der Waals surface area (Å²) >= 11 is 0. The predicted molar refractivity (Wildman–Crippen MR) is 105 cm³/mol. The molecular weight excluding hydrogens is 329 g/mol. The monoisotopic (exact) mass is 357 g/mol. The van der Waals surface area contributed by atoms with E-state index in [1.807, 2.05) is 58.3 Å². The van der Waals surface area contributed by atoms with Crippen molar-refractivity contribution < 1.29 is 14.2 Å². The van der Waals surface area contributed by atoms with Crippen molar-refractivity contribution >= 4 is 6.08 Å². The highest BCUT2D eigenvalue weighted by atomic mass is 19.1. The molecule has 2 unspecified atom stereocenters. The molecule has 2 rings (SSSR count). The molecule has 0 fully saturated rings. The van der Waals surface area contributed by atoms with E-state index in [4.69, 9.17) is 4.74 Å². The van der Waals surface area contributed by atoms with Crippen molar-refractivity contribution in [3.63, 3.8) is 0 Å². The molecule has 0 radical (unpaired) electrons. The first-order valence-corrected chi connectivity index (χ1v) is 8.73. The van der Waals surface area contributed by atoms with Crippen molar-refractivity contribution in [3.05, 3.63) is 71.0 Å². The van der Waals surface area contributed by atoms with Crippen molar-refractivity contribution in [2.75, 3.05) is 27.7 Å². The van der Waals surface area contributed by atoms with Gasteiger partial charge in [0.05, 0.1) is 7.11 Å². The molecule has 0 heterocycles. The molecule has 26 heavy (non-hydrogen) atoms. The summed E-state index contributed by atoms with van der Waals surface area (Å²) in [6.45, 7) is 4.67. The van der Waals surface area contributed by atoms with Gasteiger partial charge in [-0.2, -0.15) is 0 Å². The number of methoxy groups -OCH3 is 1. The smallest absolute Gasteiger partial charge is 0.123 e. The van der Waals surface area contributed by atoms with Crippen LogP contribution in [0.25, 0.3) is 6.08 Å². The Kier molecular flexibility index (Phi) is 6.57. The summed E-state index contributed by atoms with van der Waals surface area (Å²) in [6.07, 6.45) is 1.91. The average molecular weight is 357 g/mol. The highest BCUT2D eigenvalue weighted by molar-refractivity contribution is 5.56. The van der Waals surface area contributed by atoms with Gasteiger partial charge < -0.3 is 14.7 Å². The molecular formula is C22H28FNO2. The first kappa shape index (κ1) is 20.1. The van der Waals surface area contributed by atoms with Gasteiger partial charge in [0.15, 0.2) is 0 Å². The number of halogens is 1. The minimum Gasteiger partial charge on any atom is -0.497 e. The third-order valence-electron chi connectivity index (χ3n) is 4.74. The largest absolute Gasteiger partial charge is 0.497 e. The summed E-state index contributed by atoms with van der Waals surface area (Å²) < 4.78 is 18.4. The Balaban J connectivity index is 2.49. The first-order valence-electron chi connectivity index (χ1n) is 8.73. The Morgan fingerprint density at radius 2 is 1.73 bits per heavy atom. The third-order valence-corrected chi connectivity index (χ3v) is 4.74. The van der Waals surface area contributed by atoms with Crippen LogP contribution in [0.4, 0.5) is 4.39 Å². The zero-order valence-electron chi connectivity index (χ0n) is 16.2. The SMILES string of the molecule is COc1ccc(C(O)(C(C)=Cc2ccc(F)cc2)C(C)CN(C)C)cc1. The third kappa shape index (κ3) is 4.51. The van der Waals surface area contributed by atoms with Gasteiger partial charge in [-0.05, 0) is 62.0 Å². The fourth-order valence-electron chi connectivity index (χ4n) is 3.34. The van der Waals surface area contributed by atoms with Crippen molar-refractivity contribution in [2.24, 2.45) is 5.92 Å². The number of hydrogen-bond donors (Lipinski definition) is 1. The van der Waals surface area contributed by atoms with Crippen molar-refractivity contribution in [3.8, 4) is 5.75 Å². The average Bonchev–Trinajstić information content (AvgIpc) is 2.62. The van der Waals surface area contributed by atoms with Crippen LogP contribution in [0, 0.1) is 11.7 Å². The van der Waals surface area contributed by atoms with E-state index < -0.39 is 5.60 Å². The van der Waals surface area contributed by atoms with Crippen LogP contribution in [0.3, 0.4) is 0 Å². The van der Waals surface area contributed by atoms with Gasteiger partial charge in [0.25, 0.3) is 0 Å². The summed E-state index contributed by atoms with van der Waals surface area (Å²) in [4.78, 5) is 2.06. The normalized spacial score (nSPS) is 15.6. The zero-order valence-corrected chi connectivity index (χ0v) is 16.2. The second kappa shape index (κ2) is 8.47. The van der Waals surface area contributed by atoms with Gasteiger partial charge in [-0.25, -0.2) is 4.39 Å². The highest BCUT2D eigenvalue weighted by Crippen LogP contribution is 2.38. The second-order valence-corrected chi connectivity index (χ2v) is 7.04. The molecule has 0 aliphatic rings. The molecule has 0 saturated heterocycles. The van der Waals surface area contributed by atoms with E-state index in [0.717, 1.165) is 29.0 Å². The summed E-state index contributed by atoms with van der Waals surface area (Å²) in [5.41, 5.74) is 1.32. The predicted octanol–water partition coefficient (Wildman–Crippen LogP) is 4.32. The van der Waals surface area contributed by atoms with Crippen molar-refractivity contribution in [1.82, 2.24) is 4.90 Å². The van der Waals surface area contributed by atoms with Crippen LogP contribution < -0.4 is 4.74 Å². The Hall–Kier alpha value is -2.17. The fraction of sp³-hybridized carbons (Fsp3) is 0.364. The zero-order chi connectivity index (χ0) is 19.3. The Labute approximate surface area is 155 Å². The molecule has 0 aliphatic heterocycles. The van der Waals surface area contributed by atoms with E-state index in [0.29, 0.717) is 0 Å². The molecule has 3 nitrogen and oxygen atoms in total. The van der Waals surface area contributed by atoms with Crippen LogP contribution in [0.5, 0.6) is 5.75 Å². The van der Waals surface area contributed by atoms with Gasteiger partial charge >= 0.3 is 0 Å². The molecule has 140 valence electrons. The van der Waals surface area contributed by atoms with Crippen LogP contribution in [-0.2, 0) is 5.60 Å².